The van der Waals surface area contributed by atoms with Crippen LogP contribution in [-0.4, -0.2) is 30.8 Å². The summed E-state index contributed by atoms with van der Waals surface area (Å²) in [5, 5.41) is 10.8. The minimum absolute atomic E-state index is 0.0215. The molecule has 1 N–H and O–H groups in total. The van der Waals surface area contributed by atoms with Crippen LogP contribution in [0.4, 0.5) is 0 Å². The van der Waals surface area contributed by atoms with Gasteiger partial charge in [0.15, 0.2) is 0 Å². The SMILES string of the molecule is CCOC(=O)c1c(C)c(C(=O)OC)c(O)c(-c2ccc(C)cc2)c1C. The average molecular weight is 342 g/mol. The van der Waals surface area contributed by atoms with Gasteiger partial charge < -0.3 is 14.6 Å². The fourth-order valence-corrected chi connectivity index (χ4v) is 2.95. The zero-order valence-electron chi connectivity index (χ0n) is 15.1. The Balaban J connectivity index is 2.86. The summed E-state index contributed by atoms with van der Waals surface area (Å²) in [7, 11) is 1.23. The molecule has 0 aliphatic heterocycles. The maximum atomic E-state index is 12.4. The molecule has 0 spiro atoms. The smallest absolute Gasteiger partial charge is 0.341 e. The molecular weight excluding hydrogens is 320 g/mol. The summed E-state index contributed by atoms with van der Waals surface area (Å²) in [6.45, 7) is 7.21. The lowest BCUT2D eigenvalue weighted by Crippen LogP contribution is -2.15. The summed E-state index contributed by atoms with van der Waals surface area (Å²) in [5.74, 6) is -1.43. The first-order chi connectivity index (χ1) is 11.8. The van der Waals surface area contributed by atoms with Crippen molar-refractivity contribution in [3.63, 3.8) is 0 Å². The second-order valence-corrected chi connectivity index (χ2v) is 5.80. The fourth-order valence-electron chi connectivity index (χ4n) is 2.95. The number of aromatic hydroxyl groups is 1. The molecule has 0 amide bonds. The van der Waals surface area contributed by atoms with Crippen LogP contribution in [0.2, 0.25) is 0 Å². The molecule has 0 aromatic heterocycles. The number of esters is 2. The van der Waals surface area contributed by atoms with Crippen LogP contribution in [0, 0.1) is 20.8 Å². The van der Waals surface area contributed by atoms with Gasteiger partial charge in [-0.05, 0) is 44.4 Å². The van der Waals surface area contributed by atoms with E-state index in [1.54, 1.807) is 20.8 Å². The van der Waals surface area contributed by atoms with Crippen LogP contribution >= 0.6 is 0 Å². The number of aryl methyl sites for hydroxylation is 1. The number of benzene rings is 2. The van der Waals surface area contributed by atoms with Crippen molar-refractivity contribution in [2.75, 3.05) is 13.7 Å². The molecule has 5 nitrogen and oxygen atoms in total. The second-order valence-electron chi connectivity index (χ2n) is 5.80. The molecule has 0 bridgehead atoms. The predicted molar refractivity (Wildman–Crippen MR) is 95.0 cm³/mol. The van der Waals surface area contributed by atoms with Crippen LogP contribution in [0.3, 0.4) is 0 Å². The molecule has 2 aromatic carbocycles. The molecule has 132 valence electrons. The van der Waals surface area contributed by atoms with Crippen LogP contribution in [0.5, 0.6) is 5.75 Å². The van der Waals surface area contributed by atoms with Crippen molar-refractivity contribution in [2.45, 2.75) is 27.7 Å². The number of hydrogen-bond donors (Lipinski definition) is 1. The molecule has 0 saturated heterocycles. The Morgan fingerprint density at radius 2 is 1.56 bits per heavy atom. The van der Waals surface area contributed by atoms with Crippen LogP contribution in [0.25, 0.3) is 11.1 Å². The first-order valence-electron chi connectivity index (χ1n) is 8.02. The molecule has 0 atom stereocenters. The molecule has 0 unspecified atom stereocenters. The van der Waals surface area contributed by atoms with Crippen molar-refractivity contribution in [2.24, 2.45) is 0 Å². The molecule has 0 radical (unpaired) electrons. The predicted octanol–water partition coefficient (Wildman–Crippen LogP) is 3.95. The standard InChI is InChI=1S/C20H22O5/c1-6-25-20(23)15-12(3)16(14-9-7-11(2)8-10-14)18(21)17(13(15)4)19(22)24-5/h7-10,21H,6H2,1-5H3. The summed E-state index contributed by atoms with van der Waals surface area (Å²) in [6, 6.07) is 7.47. The lowest BCUT2D eigenvalue weighted by atomic mass is 9.88. The number of ether oxygens (including phenoxy) is 2. The van der Waals surface area contributed by atoms with Gasteiger partial charge in [-0.2, -0.15) is 0 Å². The second kappa shape index (κ2) is 7.38. The van der Waals surface area contributed by atoms with Gasteiger partial charge in [0.2, 0.25) is 0 Å². The molecule has 0 heterocycles. The summed E-state index contributed by atoms with van der Waals surface area (Å²) in [6.07, 6.45) is 0. The number of hydrogen-bond acceptors (Lipinski definition) is 5. The van der Waals surface area contributed by atoms with Gasteiger partial charge in [0.1, 0.15) is 11.3 Å². The van der Waals surface area contributed by atoms with E-state index in [0.29, 0.717) is 22.3 Å². The minimum Gasteiger partial charge on any atom is -0.506 e. The van der Waals surface area contributed by atoms with Crippen molar-refractivity contribution in [3.05, 3.63) is 52.1 Å². The summed E-state index contributed by atoms with van der Waals surface area (Å²) < 4.78 is 9.93. The van der Waals surface area contributed by atoms with Gasteiger partial charge in [-0.3, -0.25) is 0 Å². The quantitative estimate of drug-likeness (QED) is 0.852. The topological polar surface area (TPSA) is 72.8 Å². The van der Waals surface area contributed by atoms with Crippen LogP contribution in [0.15, 0.2) is 24.3 Å². The zero-order valence-corrected chi connectivity index (χ0v) is 15.1. The van der Waals surface area contributed by atoms with Gasteiger partial charge >= 0.3 is 11.9 Å². The maximum absolute atomic E-state index is 12.4. The minimum atomic E-state index is -0.700. The van der Waals surface area contributed by atoms with Gasteiger partial charge in [0.25, 0.3) is 0 Å². The largest absolute Gasteiger partial charge is 0.506 e. The Bertz CT molecular complexity index is 819. The van der Waals surface area contributed by atoms with E-state index < -0.39 is 11.9 Å². The third kappa shape index (κ3) is 3.36. The van der Waals surface area contributed by atoms with E-state index in [-0.39, 0.29) is 23.5 Å². The van der Waals surface area contributed by atoms with E-state index in [1.165, 1.54) is 7.11 Å². The summed E-state index contributed by atoms with van der Waals surface area (Å²) in [4.78, 5) is 24.6. The Hall–Kier alpha value is -2.82. The van der Waals surface area contributed by atoms with Crippen molar-refractivity contribution >= 4 is 11.9 Å². The highest BCUT2D eigenvalue weighted by molar-refractivity contribution is 6.04. The molecule has 25 heavy (non-hydrogen) atoms. The number of methoxy groups -OCH3 is 1. The van der Waals surface area contributed by atoms with Gasteiger partial charge in [0.05, 0.1) is 19.3 Å². The number of phenolic OH excluding ortho intramolecular Hbond substituents is 1. The molecule has 0 fully saturated rings. The highest BCUT2D eigenvalue weighted by Gasteiger charge is 2.28. The Morgan fingerprint density at radius 3 is 2.08 bits per heavy atom. The van der Waals surface area contributed by atoms with Crippen molar-refractivity contribution in [1.82, 2.24) is 0 Å². The molecule has 2 aromatic rings. The zero-order chi connectivity index (χ0) is 18.7. The number of phenols is 1. The third-order valence-electron chi connectivity index (χ3n) is 4.18. The third-order valence-corrected chi connectivity index (χ3v) is 4.18. The molecule has 0 aliphatic carbocycles. The highest BCUT2D eigenvalue weighted by atomic mass is 16.5. The Morgan fingerprint density at radius 1 is 0.960 bits per heavy atom. The van der Waals surface area contributed by atoms with E-state index in [9.17, 15) is 14.7 Å². The number of carbonyl (C=O) groups is 2. The lowest BCUT2D eigenvalue weighted by Gasteiger charge is -2.19. The van der Waals surface area contributed by atoms with Gasteiger partial charge in [-0.1, -0.05) is 29.8 Å². The fraction of sp³-hybridized carbons (Fsp3) is 0.300. The van der Waals surface area contributed by atoms with Crippen LogP contribution in [-0.2, 0) is 9.47 Å². The number of rotatable bonds is 4. The van der Waals surface area contributed by atoms with Gasteiger partial charge in [-0.25, -0.2) is 9.59 Å². The van der Waals surface area contributed by atoms with E-state index >= 15 is 0 Å². The highest BCUT2D eigenvalue weighted by Crippen LogP contribution is 2.40. The molecule has 0 aliphatic rings. The van der Waals surface area contributed by atoms with Gasteiger partial charge in [-0.15, -0.1) is 0 Å². The maximum Gasteiger partial charge on any atom is 0.341 e. The monoisotopic (exact) mass is 342 g/mol. The molecule has 5 heteroatoms. The van der Waals surface area contributed by atoms with E-state index in [1.807, 2.05) is 31.2 Å². The van der Waals surface area contributed by atoms with Crippen LogP contribution < -0.4 is 0 Å². The van der Waals surface area contributed by atoms with Gasteiger partial charge in [0, 0.05) is 5.56 Å². The van der Waals surface area contributed by atoms with E-state index in [2.05, 4.69) is 0 Å². The first-order valence-corrected chi connectivity index (χ1v) is 8.02. The van der Waals surface area contributed by atoms with Crippen molar-refractivity contribution < 1.29 is 24.2 Å². The summed E-state index contributed by atoms with van der Waals surface area (Å²) in [5.41, 5.74) is 3.35. The molecular formula is C20H22O5. The van der Waals surface area contributed by atoms with Crippen molar-refractivity contribution in [1.29, 1.82) is 0 Å². The molecule has 2 rings (SSSR count). The Labute approximate surface area is 147 Å². The van der Waals surface area contributed by atoms with E-state index in [0.717, 1.165) is 5.56 Å². The normalized spacial score (nSPS) is 10.4. The number of carbonyl (C=O) groups excluding carboxylic acids is 2. The summed E-state index contributed by atoms with van der Waals surface area (Å²) >= 11 is 0. The Kier molecular flexibility index (Phi) is 5.47. The first kappa shape index (κ1) is 18.5. The average Bonchev–Trinajstić information content (AvgIpc) is 2.56. The van der Waals surface area contributed by atoms with Crippen LogP contribution in [0.1, 0.15) is 44.3 Å². The molecule has 0 saturated carbocycles. The van der Waals surface area contributed by atoms with E-state index in [4.69, 9.17) is 9.47 Å². The lowest BCUT2D eigenvalue weighted by molar-refractivity contribution is 0.0524. The van der Waals surface area contributed by atoms with Crippen molar-refractivity contribution in [3.8, 4) is 16.9 Å².